The molecular weight excluding hydrogens is 311 g/mol. The van der Waals surface area contributed by atoms with Crippen LogP contribution in [0.15, 0.2) is 42.5 Å². The fourth-order valence-corrected chi connectivity index (χ4v) is 2.04. The van der Waals surface area contributed by atoms with E-state index in [1.807, 2.05) is 0 Å². The second kappa shape index (κ2) is 6.70. The third-order valence-electron chi connectivity index (χ3n) is 2.75. The van der Waals surface area contributed by atoms with E-state index in [4.69, 9.17) is 33.7 Å². The summed E-state index contributed by atoms with van der Waals surface area (Å²) in [6.07, 6.45) is -0.696. The van der Waals surface area contributed by atoms with Crippen LogP contribution < -0.4 is 15.8 Å². The second-order valence-corrected chi connectivity index (χ2v) is 5.31. The van der Waals surface area contributed by atoms with Gasteiger partial charge in [0.25, 0.3) is 5.91 Å². The van der Waals surface area contributed by atoms with Crippen molar-refractivity contribution < 1.29 is 9.53 Å². The number of nitrogens with two attached hydrogens (primary N) is 1. The molecule has 0 radical (unpaired) electrons. The molecule has 4 nitrogen and oxygen atoms in total. The van der Waals surface area contributed by atoms with Gasteiger partial charge in [-0.1, -0.05) is 29.3 Å². The SMILES string of the molecule is CC(Oc1cccc(Cl)c1)C(=O)Nc1ccc(Cl)cc1N. The van der Waals surface area contributed by atoms with Crippen LogP contribution in [0.2, 0.25) is 10.0 Å². The number of halogens is 2. The number of carbonyl (C=O) groups is 1. The maximum atomic E-state index is 12.1. The van der Waals surface area contributed by atoms with Gasteiger partial charge in [-0.2, -0.15) is 0 Å². The number of amides is 1. The molecule has 2 aromatic rings. The molecule has 3 N–H and O–H groups in total. The van der Waals surface area contributed by atoms with E-state index in [2.05, 4.69) is 5.32 Å². The van der Waals surface area contributed by atoms with Crippen molar-refractivity contribution in [3.8, 4) is 5.75 Å². The van der Waals surface area contributed by atoms with Crippen LogP contribution in [0.5, 0.6) is 5.75 Å². The molecule has 0 fully saturated rings. The number of rotatable bonds is 4. The van der Waals surface area contributed by atoms with Crippen molar-refractivity contribution in [2.75, 3.05) is 11.1 Å². The molecule has 0 aliphatic carbocycles. The van der Waals surface area contributed by atoms with Crippen LogP contribution in [0, 0.1) is 0 Å². The summed E-state index contributed by atoms with van der Waals surface area (Å²) in [5, 5.41) is 3.74. The Labute approximate surface area is 132 Å². The predicted molar refractivity (Wildman–Crippen MR) is 86.0 cm³/mol. The molecule has 0 aliphatic heterocycles. The summed E-state index contributed by atoms with van der Waals surface area (Å²) < 4.78 is 5.53. The summed E-state index contributed by atoms with van der Waals surface area (Å²) in [7, 11) is 0. The van der Waals surface area contributed by atoms with E-state index in [1.165, 1.54) is 0 Å². The third kappa shape index (κ3) is 4.28. The zero-order valence-electron chi connectivity index (χ0n) is 11.3. The van der Waals surface area contributed by atoms with E-state index in [0.29, 0.717) is 27.2 Å². The van der Waals surface area contributed by atoms with Gasteiger partial charge >= 0.3 is 0 Å². The third-order valence-corrected chi connectivity index (χ3v) is 3.22. The Morgan fingerprint density at radius 2 is 1.90 bits per heavy atom. The molecule has 0 bridgehead atoms. The minimum atomic E-state index is -0.696. The van der Waals surface area contributed by atoms with Crippen LogP contribution in [0.3, 0.4) is 0 Å². The maximum absolute atomic E-state index is 12.1. The number of anilines is 2. The fourth-order valence-electron chi connectivity index (χ4n) is 1.68. The summed E-state index contributed by atoms with van der Waals surface area (Å²) in [4.78, 5) is 12.1. The first kappa shape index (κ1) is 15.5. The Morgan fingerprint density at radius 1 is 1.19 bits per heavy atom. The van der Waals surface area contributed by atoms with Gasteiger partial charge in [-0.25, -0.2) is 0 Å². The molecule has 0 aromatic heterocycles. The Hall–Kier alpha value is -1.91. The van der Waals surface area contributed by atoms with Gasteiger partial charge in [-0.15, -0.1) is 0 Å². The summed E-state index contributed by atoms with van der Waals surface area (Å²) in [5.41, 5.74) is 6.67. The predicted octanol–water partition coefficient (Wildman–Crippen LogP) is 3.98. The van der Waals surface area contributed by atoms with Crippen molar-refractivity contribution in [1.29, 1.82) is 0 Å². The molecule has 1 amide bonds. The average Bonchev–Trinajstić information content (AvgIpc) is 2.41. The number of ether oxygens (including phenoxy) is 1. The van der Waals surface area contributed by atoms with Gasteiger partial charge in [0.1, 0.15) is 5.75 Å². The van der Waals surface area contributed by atoms with Gasteiger partial charge in [0.05, 0.1) is 11.4 Å². The van der Waals surface area contributed by atoms with Crippen LogP contribution >= 0.6 is 23.2 Å². The van der Waals surface area contributed by atoms with Crippen LogP contribution in [-0.4, -0.2) is 12.0 Å². The molecule has 1 atom stereocenters. The normalized spacial score (nSPS) is 11.8. The number of hydrogen-bond acceptors (Lipinski definition) is 3. The first-order valence-corrected chi connectivity index (χ1v) is 6.99. The lowest BCUT2D eigenvalue weighted by molar-refractivity contribution is -0.122. The Balaban J connectivity index is 2.02. The van der Waals surface area contributed by atoms with E-state index < -0.39 is 6.10 Å². The van der Waals surface area contributed by atoms with Crippen LogP contribution in [0.4, 0.5) is 11.4 Å². The molecule has 21 heavy (non-hydrogen) atoms. The highest BCUT2D eigenvalue weighted by atomic mass is 35.5. The average molecular weight is 325 g/mol. The minimum Gasteiger partial charge on any atom is -0.481 e. The molecule has 0 aliphatic rings. The van der Waals surface area contributed by atoms with Crippen LogP contribution in [-0.2, 0) is 4.79 Å². The highest BCUT2D eigenvalue weighted by Gasteiger charge is 2.16. The van der Waals surface area contributed by atoms with Gasteiger partial charge in [-0.05, 0) is 43.3 Å². The van der Waals surface area contributed by atoms with Crippen molar-refractivity contribution in [3.05, 3.63) is 52.5 Å². The summed E-state index contributed by atoms with van der Waals surface area (Å²) >= 11 is 11.7. The molecule has 1 unspecified atom stereocenters. The molecule has 2 aromatic carbocycles. The highest BCUT2D eigenvalue weighted by Crippen LogP contribution is 2.23. The number of nitrogens with one attached hydrogen (secondary N) is 1. The smallest absolute Gasteiger partial charge is 0.265 e. The van der Waals surface area contributed by atoms with Crippen LogP contribution in [0.1, 0.15) is 6.92 Å². The first-order chi connectivity index (χ1) is 9.95. The van der Waals surface area contributed by atoms with Crippen molar-refractivity contribution in [1.82, 2.24) is 0 Å². The van der Waals surface area contributed by atoms with Crippen LogP contribution in [0.25, 0.3) is 0 Å². The monoisotopic (exact) mass is 324 g/mol. The van der Waals surface area contributed by atoms with Crippen molar-refractivity contribution in [2.45, 2.75) is 13.0 Å². The second-order valence-electron chi connectivity index (χ2n) is 4.44. The van der Waals surface area contributed by atoms with Gasteiger partial charge in [0, 0.05) is 10.0 Å². The van der Waals surface area contributed by atoms with Gasteiger partial charge < -0.3 is 15.8 Å². The zero-order chi connectivity index (χ0) is 15.4. The molecule has 0 spiro atoms. The van der Waals surface area contributed by atoms with Crippen molar-refractivity contribution in [3.63, 3.8) is 0 Å². The molecule has 0 heterocycles. The number of carbonyl (C=O) groups excluding carboxylic acids is 1. The van der Waals surface area contributed by atoms with E-state index in [1.54, 1.807) is 49.4 Å². The van der Waals surface area contributed by atoms with Gasteiger partial charge in [0.15, 0.2) is 6.10 Å². The lowest BCUT2D eigenvalue weighted by atomic mass is 10.2. The number of benzene rings is 2. The summed E-state index contributed by atoms with van der Waals surface area (Å²) in [6, 6.07) is 11.7. The summed E-state index contributed by atoms with van der Waals surface area (Å²) in [6.45, 7) is 1.64. The Kier molecular flexibility index (Phi) is 4.94. The van der Waals surface area contributed by atoms with Gasteiger partial charge in [-0.3, -0.25) is 4.79 Å². The molecule has 2 rings (SSSR count). The molecular formula is C15H14Cl2N2O2. The summed E-state index contributed by atoms with van der Waals surface area (Å²) in [5.74, 6) is 0.207. The first-order valence-electron chi connectivity index (χ1n) is 6.24. The standard InChI is InChI=1S/C15H14Cl2N2O2/c1-9(21-12-4-2-3-10(16)7-12)15(20)19-14-6-5-11(17)8-13(14)18/h2-9H,18H2,1H3,(H,19,20). The molecule has 0 saturated carbocycles. The van der Waals surface area contributed by atoms with E-state index in [-0.39, 0.29) is 5.91 Å². The lowest BCUT2D eigenvalue weighted by Crippen LogP contribution is -2.30. The minimum absolute atomic E-state index is 0.316. The van der Waals surface area contributed by atoms with Gasteiger partial charge in [0.2, 0.25) is 0 Å². The quantitative estimate of drug-likeness (QED) is 0.836. The lowest BCUT2D eigenvalue weighted by Gasteiger charge is -2.15. The molecule has 6 heteroatoms. The number of hydrogen-bond donors (Lipinski definition) is 2. The molecule has 0 saturated heterocycles. The van der Waals surface area contributed by atoms with E-state index in [9.17, 15) is 4.79 Å². The van der Waals surface area contributed by atoms with E-state index in [0.717, 1.165) is 0 Å². The van der Waals surface area contributed by atoms with Crippen molar-refractivity contribution in [2.24, 2.45) is 0 Å². The van der Waals surface area contributed by atoms with Crippen molar-refractivity contribution >= 4 is 40.5 Å². The fraction of sp³-hybridized carbons (Fsp3) is 0.133. The Morgan fingerprint density at radius 3 is 2.57 bits per heavy atom. The highest BCUT2D eigenvalue weighted by molar-refractivity contribution is 6.31. The number of nitrogen functional groups attached to an aromatic ring is 1. The Bertz CT molecular complexity index is 662. The molecule has 110 valence electrons. The van der Waals surface area contributed by atoms with E-state index >= 15 is 0 Å². The largest absolute Gasteiger partial charge is 0.481 e. The topological polar surface area (TPSA) is 64.3 Å². The zero-order valence-corrected chi connectivity index (χ0v) is 12.8. The maximum Gasteiger partial charge on any atom is 0.265 e.